The van der Waals surface area contributed by atoms with Gasteiger partial charge in [0.25, 0.3) is 0 Å². The molecular formula is C14H21N5O. The number of hydrogen-bond donors (Lipinski definition) is 2. The van der Waals surface area contributed by atoms with Crippen LogP contribution >= 0.6 is 0 Å². The standard InChI is InChI=1S/C14H21N5O/c15-10-13-14(19-8-7-17-13)18-6-1-9-20-12-4-2-11(16)3-5-12/h7-8,11-12H,1-6,9,16H2,(H,18,19). The van der Waals surface area contributed by atoms with E-state index in [9.17, 15) is 0 Å². The highest BCUT2D eigenvalue weighted by molar-refractivity contribution is 5.46. The van der Waals surface area contributed by atoms with Crippen LogP contribution < -0.4 is 11.1 Å². The van der Waals surface area contributed by atoms with Crippen molar-refractivity contribution in [2.75, 3.05) is 18.5 Å². The zero-order chi connectivity index (χ0) is 14.2. The molecule has 1 aromatic rings. The van der Waals surface area contributed by atoms with Crippen LogP contribution in [0.4, 0.5) is 5.82 Å². The lowest BCUT2D eigenvalue weighted by atomic mass is 9.94. The molecule has 0 unspecified atom stereocenters. The third kappa shape index (κ3) is 4.44. The normalized spacial score (nSPS) is 22.2. The Bertz CT molecular complexity index is 451. The largest absolute Gasteiger partial charge is 0.378 e. The van der Waals surface area contributed by atoms with E-state index < -0.39 is 0 Å². The van der Waals surface area contributed by atoms with Gasteiger partial charge in [-0.1, -0.05) is 0 Å². The molecule has 1 aliphatic carbocycles. The summed E-state index contributed by atoms with van der Waals surface area (Å²) in [4.78, 5) is 8.04. The first-order chi connectivity index (χ1) is 9.79. The Morgan fingerprint density at radius 3 is 2.80 bits per heavy atom. The quantitative estimate of drug-likeness (QED) is 0.762. The van der Waals surface area contributed by atoms with E-state index in [-0.39, 0.29) is 0 Å². The Morgan fingerprint density at radius 2 is 2.05 bits per heavy atom. The van der Waals surface area contributed by atoms with Gasteiger partial charge < -0.3 is 15.8 Å². The van der Waals surface area contributed by atoms with E-state index in [1.165, 1.54) is 6.20 Å². The monoisotopic (exact) mass is 275 g/mol. The highest BCUT2D eigenvalue weighted by Gasteiger charge is 2.18. The van der Waals surface area contributed by atoms with Gasteiger partial charge in [0.2, 0.25) is 0 Å². The number of nitriles is 1. The Hall–Kier alpha value is -1.71. The number of nitrogens with zero attached hydrogens (tertiary/aromatic N) is 3. The van der Waals surface area contributed by atoms with Gasteiger partial charge in [0, 0.05) is 31.6 Å². The topological polar surface area (TPSA) is 96.8 Å². The molecule has 0 atom stereocenters. The lowest BCUT2D eigenvalue weighted by Gasteiger charge is -2.26. The first-order valence-electron chi connectivity index (χ1n) is 7.11. The Morgan fingerprint density at radius 1 is 1.30 bits per heavy atom. The molecule has 3 N–H and O–H groups in total. The summed E-state index contributed by atoms with van der Waals surface area (Å²) in [7, 11) is 0. The Balaban J connectivity index is 1.61. The van der Waals surface area contributed by atoms with Crippen molar-refractivity contribution in [3.8, 4) is 6.07 Å². The summed E-state index contributed by atoms with van der Waals surface area (Å²) in [6.45, 7) is 1.44. The molecule has 20 heavy (non-hydrogen) atoms. The summed E-state index contributed by atoms with van der Waals surface area (Å²) in [5.74, 6) is 0.540. The highest BCUT2D eigenvalue weighted by Crippen LogP contribution is 2.19. The van der Waals surface area contributed by atoms with Crippen molar-refractivity contribution >= 4 is 5.82 Å². The molecule has 1 aromatic heterocycles. The molecule has 0 bridgehead atoms. The van der Waals surface area contributed by atoms with Crippen LogP contribution in [-0.2, 0) is 4.74 Å². The molecule has 1 fully saturated rings. The van der Waals surface area contributed by atoms with Crippen LogP contribution in [0.2, 0.25) is 0 Å². The van der Waals surface area contributed by atoms with Crippen LogP contribution in [0.25, 0.3) is 0 Å². The molecule has 108 valence electrons. The van der Waals surface area contributed by atoms with Crippen LogP contribution in [0.3, 0.4) is 0 Å². The molecule has 6 heteroatoms. The molecule has 2 rings (SSSR count). The maximum Gasteiger partial charge on any atom is 0.182 e. The van der Waals surface area contributed by atoms with Gasteiger partial charge in [-0.3, -0.25) is 0 Å². The van der Waals surface area contributed by atoms with Crippen molar-refractivity contribution in [2.24, 2.45) is 5.73 Å². The molecule has 6 nitrogen and oxygen atoms in total. The zero-order valence-electron chi connectivity index (χ0n) is 11.6. The van der Waals surface area contributed by atoms with Crippen molar-refractivity contribution in [3.63, 3.8) is 0 Å². The highest BCUT2D eigenvalue weighted by atomic mass is 16.5. The first kappa shape index (κ1) is 14.7. The lowest BCUT2D eigenvalue weighted by Crippen LogP contribution is -2.30. The minimum Gasteiger partial charge on any atom is -0.378 e. The third-order valence-electron chi connectivity index (χ3n) is 3.49. The van der Waals surface area contributed by atoms with Gasteiger partial charge in [-0.15, -0.1) is 0 Å². The lowest BCUT2D eigenvalue weighted by molar-refractivity contribution is 0.0251. The van der Waals surface area contributed by atoms with Gasteiger partial charge >= 0.3 is 0 Å². The van der Waals surface area contributed by atoms with Gasteiger partial charge in [0.15, 0.2) is 11.5 Å². The second kappa shape index (κ2) is 7.78. The summed E-state index contributed by atoms with van der Waals surface area (Å²) in [6.07, 6.45) is 8.59. The van der Waals surface area contributed by atoms with Crippen molar-refractivity contribution in [2.45, 2.75) is 44.2 Å². The van der Waals surface area contributed by atoms with Crippen molar-refractivity contribution in [1.29, 1.82) is 5.26 Å². The van der Waals surface area contributed by atoms with E-state index in [0.29, 0.717) is 23.7 Å². The number of nitrogens with one attached hydrogen (secondary N) is 1. The number of aromatic nitrogens is 2. The van der Waals surface area contributed by atoms with Crippen LogP contribution in [0, 0.1) is 11.3 Å². The van der Waals surface area contributed by atoms with Crippen molar-refractivity contribution < 1.29 is 4.74 Å². The predicted octanol–water partition coefficient (Wildman–Crippen LogP) is 1.44. The number of ether oxygens (including phenoxy) is 1. The average Bonchev–Trinajstić information content (AvgIpc) is 2.49. The zero-order valence-corrected chi connectivity index (χ0v) is 11.6. The third-order valence-corrected chi connectivity index (χ3v) is 3.49. The van der Waals surface area contributed by atoms with Crippen LogP contribution in [-0.4, -0.2) is 35.3 Å². The van der Waals surface area contributed by atoms with E-state index in [2.05, 4.69) is 15.3 Å². The molecule has 0 saturated heterocycles. The number of rotatable bonds is 6. The molecule has 1 heterocycles. The van der Waals surface area contributed by atoms with Crippen LogP contribution in [0.5, 0.6) is 0 Å². The molecule has 0 amide bonds. The van der Waals surface area contributed by atoms with Crippen LogP contribution in [0.1, 0.15) is 37.8 Å². The molecule has 0 spiro atoms. The number of anilines is 1. The molecule has 0 radical (unpaired) electrons. The Labute approximate surface area is 119 Å². The summed E-state index contributed by atoms with van der Waals surface area (Å²) >= 11 is 0. The molecule has 0 aliphatic heterocycles. The fourth-order valence-corrected chi connectivity index (χ4v) is 2.33. The Kier molecular flexibility index (Phi) is 5.71. The fourth-order valence-electron chi connectivity index (χ4n) is 2.33. The van der Waals surface area contributed by atoms with Gasteiger partial charge in [0.1, 0.15) is 6.07 Å². The molecular weight excluding hydrogens is 254 g/mol. The summed E-state index contributed by atoms with van der Waals surface area (Å²) in [6, 6.07) is 2.37. The van der Waals surface area contributed by atoms with Gasteiger partial charge in [0.05, 0.1) is 6.10 Å². The van der Waals surface area contributed by atoms with E-state index in [4.69, 9.17) is 15.7 Å². The van der Waals surface area contributed by atoms with E-state index >= 15 is 0 Å². The average molecular weight is 275 g/mol. The van der Waals surface area contributed by atoms with Gasteiger partial charge in [-0.25, -0.2) is 9.97 Å². The molecule has 1 aliphatic rings. The second-order valence-corrected chi connectivity index (χ2v) is 5.05. The molecule has 1 saturated carbocycles. The molecule has 0 aromatic carbocycles. The van der Waals surface area contributed by atoms with Crippen molar-refractivity contribution in [1.82, 2.24) is 9.97 Å². The summed E-state index contributed by atoms with van der Waals surface area (Å²) in [5.41, 5.74) is 6.19. The smallest absolute Gasteiger partial charge is 0.182 e. The predicted molar refractivity (Wildman–Crippen MR) is 76.0 cm³/mol. The van der Waals surface area contributed by atoms with E-state index in [1.54, 1.807) is 6.20 Å². The second-order valence-electron chi connectivity index (χ2n) is 5.05. The SMILES string of the molecule is N#Cc1nccnc1NCCCOC1CCC(N)CC1. The van der Waals surface area contributed by atoms with E-state index in [1.807, 2.05) is 6.07 Å². The maximum absolute atomic E-state index is 8.89. The van der Waals surface area contributed by atoms with Gasteiger partial charge in [-0.2, -0.15) is 5.26 Å². The van der Waals surface area contributed by atoms with Crippen LogP contribution in [0.15, 0.2) is 12.4 Å². The number of hydrogen-bond acceptors (Lipinski definition) is 6. The maximum atomic E-state index is 8.89. The minimum atomic E-state index is 0.328. The fraction of sp³-hybridized carbons (Fsp3) is 0.643. The minimum absolute atomic E-state index is 0.328. The summed E-state index contributed by atoms with van der Waals surface area (Å²) in [5, 5.41) is 12.0. The first-order valence-corrected chi connectivity index (χ1v) is 7.11. The van der Waals surface area contributed by atoms with Gasteiger partial charge in [-0.05, 0) is 32.1 Å². The summed E-state index contributed by atoms with van der Waals surface area (Å²) < 4.78 is 5.83. The van der Waals surface area contributed by atoms with E-state index in [0.717, 1.165) is 45.3 Å². The number of nitrogens with two attached hydrogens (primary N) is 1. The van der Waals surface area contributed by atoms with Crippen molar-refractivity contribution in [3.05, 3.63) is 18.1 Å².